The number of anilines is 2. The molecule has 0 atom stereocenters. The van der Waals surface area contributed by atoms with Crippen molar-refractivity contribution >= 4 is 28.4 Å². The lowest BCUT2D eigenvalue weighted by atomic mass is 10.1. The molecule has 3 heterocycles. The average Bonchev–Trinajstić information content (AvgIpc) is 3.16. The predicted molar refractivity (Wildman–Crippen MR) is 122 cm³/mol. The highest BCUT2D eigenvalue weighted by molar-refractivity contribution is 6.10. The van der Waals surface area contributed by atoms with E-state index in [4.69, 9.17) is 4.74 Å². The molecule has 8 heteroatoms. The SMILES string of the molecule is Cc1cc(Nc2ncnc3[nH]cc(C(=O)N4CCN(C)CC4)c23)c(OC(C)C)cc1C. The van der Waals surface area contributed by atoms with Crippen molar-refractivity contribution in [2.75, 3.05) is 38.5 Å². The fourth-order valence-electron chi connectivity index (χ4n) is 3.77. The second-order valence-electron chi connectivity index (χ2n) is 8.47. The Morgan fingerprint density at radius 2 is 1.84 bits per heavy atom. The number of carbonyl (C=O) groups excluding carboxylic acids is 1. The Labute approximate surface area is 182 Å². The lowest BCUT2D eigenvalue weighted by Crippen LogP contribution is -2.47. The van der Waals surface area contributed by atoms with Gasteiger partial charge in [-0.3, -0.25) is 4.79 Å². The van der Waals surface area contributed by atoms with E-state index < -0.39 is 0 Å². The fourth-order valence-corrected chi connectivity index (χ4v) is 3.77. The maximum Gasteiger partial charge on any atom is 0.256 e. The predicted octanol–water partition coefficient (Wildman–Crippen LogP) is 3.49. The van der Waals surface area contributed by atoms with E-state index in [1.54, 1.807) is 6.20 Å². The highest BCUT2D eigenvalue weighted by Gasteiger charge is 2.25. The molecule has 31 heavy (non-hydrogen) atoms. The summed E-state index contributed by atoms with van der Waals surface area (Å²) in [5.41, 5.74) is 4.33. The lowest BCUT2D eigenvalue weighted by Gasteiger charge is -2.32. The maximum atomic E-state index is 13.3. The van der Waals surface area contributed by atoms with Crippen LogP contribution < -0.4 is 10.1 Å². The van der Waals surface area contributed by atoms with Crippen LogP contribution in [0.1, 0.15) is 35.3 Å². The van der Waals surface area contributed by atoms with Gasteiger partial charge in [0.15, 0.2) is 0 Å². The molecule has 4 rings (SSSR count). The monoisotopic (exact) mass is 422 g/mol. The van der Waals surface area contributed by atoms with Crippen molar-refractivity contribution in [1.29, 1.82) is 0 Å². The van der Waals surface area contributed by atoms with Gasteiger partial charge >= 0.3 is 0 Å². The Bertz CT molecular complexity index is 1100. The van der Waals surface area contributed by atoms with Crippen LogP contribution in [0.25, 0.3) is 11.0 Å². The number of hydrogen-bond acceptors (Lipinski definition) is 6. The first kappa shape index (κ1) is 21.1. The normalized spacial score (nSPS) is 15.0. The summed E-state index contributed by atoms with van der Waals surface area (Å²) in [6.45, 7) is 11.3. The van der Waals surface area contributed by atoms with Crippen LogP contribution in [-0.2, 0) is 0 Å². The number of nitrogens with zero attached hydrogens (tertiary/aromatic N) is 4. The Morgan fingerprint density at radius 1 is 1.13 bits per heavy atom. The minimum atomic E-state index is -0.00376. The van der Waals surface area contributed by atoms with Crippen LogP contribution in [0.5, 0.6) is 5.75 Å². The second-order valence-corrected chi connectivity index (χ2v) is 8.47. The Balaban J connectivity index is 1.72. The number of benzene rings is 1. The van der Waals surface area contributed by atoms with E-state index in [0.717, 1.165) is 35.7 Å². The van der Waals surface area contributed by atoms with Crippen LogP contribution >= 0.6 is 0 Å². The molecule has 0 radical (unpaired) electrons. The summed E-state index contributed by atoms with van der Waals surface area (Å²) in [5.74, 6) is 1.34. The third-order valence-electron chi connectivity index (χ3n) is 5.70. The van der Waals surface area contributed by atoms with E-state index >= 15 is 0 Å². The van der Waals surface area contributed by atoms with Crippen molar-refractivity contribution in [3.63, 3.8) is 0 Å². The van der Waals surface area contributed by atoms with Gasteiger partial charge < -0.3 is 24.8 Å². The molecule has 3 aromatic rings. The standard InChI is InChI=1S/C23H30N6O2/c1-14(2)31-19-11-16(4)15(3)10-18(19)27-22-20-17(12-24-21(20)25-13-26-22)23(30)29-8-6-28(5)7-9-29/h10-14H,6-9H2,1-5H3,(H2,24,25,26,27). The summed E-state index contributed by atoms with van der Waals surface area (Å²) in [4.78, 5) is 29.3. The molecule has 0 unspecified atom stereocenters. The van der Waals surface area contributed by atoms with Gasteiger partial charge in [0.05, 0.1) is 22.7 Å². The zero-order chi connectivity index (χ0) is 22.1. The topological polar surface area (TPSA) is 86.4 Å². The van der Waals surface area contributed by atoms with Crippen LogP contribution in [0.15, 0.2) is 24.7 Å². The zero-order valence-electron chi connectivity index (χ0n) is 18.8. The number of aromatic amines is 1. The Hall–Kier alpha value is -3.13. The van der Waals surface area contributed by atoms with Crippen LogP contribution in [0, 0.1) is 13.8 Å². The molecule has 0 bridgehead atoms. The number of fused-ring (bicyclic) bond motifs is 1. The molecule has 1 saturated heterocycles. The number of likely N-dealkylation sites (N-methyl/N-ethyl adjacent to an activating group) is 1. The second kappa shape index (κ2) is 8.55. The van der Waals surface area contributed by atoms with Gasteiger partial charge in [0, 0.05) is 32.4 Å². The lowest BCUT2D eigenvalue weighted by molar-refractivity contribution is 0.0666. The first-order chi connectivity index (χ1) is 14.8. The summed E-state index contributed by atoms with van der Waals surface area (Å²) >= 11 is 0. The number of H-pyrrole nitrogens is 1. The molecular weight excluding hydrogens is 392 g/mol. The molecule has 1 aliphatic heterocycles. The summed E-state index contributed by atoms with van der Waals surface area (Å²) in [6.07, 6.45) is 3.27. The molecule has 2 N–H and O–H groups in total. The van der Waals surface area contributed by atoms with E-state index in [1.165, 1.54) is 6.33 Å². The van der Waals surface area contributed by atoms with Crippen molar-refractivity contribution < 1.29 is 9.53 Å². The molecule has 0 saturated carbocycles. The smallest absolute Gasteiger partial charge is 0.256 e. The molecule has 1 amide bonds. The first-order valence-electron chi connectivity index (χ1n) is 10.7. The van der Waals surface area contributed by atoms with Gasteiger partial charge in [-0.2, -0.15) is 0 Å². The van der Waals surface area contributed by atoms with Crippen molar-refractivity contribution in [2.45, 2.75) is 33.8 Å². The molecule has 1 fully saturated rings. The van der Waals surface area contributed by atoms with Crippen LogP contribution in [0.3, 0.4) is 0 Å². The number of hydrogen-bond donors (Lipinski definition) is 2. The van der Waals surface area contributed by atoms with E-state index in [9.17, 15) is 4.79 Å². The molecule has 0 aliphatic carbocycles. The van der Waals surface area contributed by atoms with E-state index in [1.807, 2.05) is 24.8 Å². The molecular formula is C23H30N6O2. The summed E-state index contributed by atoms with van der Waals surface area (Å²) in [5, 5.41) is 4.10. The number of aromatic nitrogens is 3. The van der Waals surface area contributed by atoms with Crippen molar-refractivity contribution in [3.8, 4) is 5.75 Å². The molecule has 8 nitrogen and oxygen atoms in total. The van der Waals surface area contributed by atoms with Crippen LogP contribution in [0.2, 0.25) is 0 Å². The van der Waals surface area contributed by atoms with Crippen molar-refractivity contribution in [1.82, 2.24) is 24.8 Å². The minimum absolute atomic E-state index is 0.00376. The van der Waals surface area contributed by atoms with Gasteiger partial charge in [-0.1, -0.05) is 0 Å². The van der Waals surface area contributed by atoms with Gasteiger partial charge in [-0.15, -0.1) is 0 Å². The number of rotatable bonds is 5. The Kier molecular flexibility index (Phi) is 5.82. The number of carbonyl (C=O) groups is 1. The molecule has 1 aromatic carbocycles. The van der Waals surface area contributed by atoms with Crippen molar-refractivity contribution in [2.24, 2.45) is 0 Å². The third kappa shape index (κ3) is 4.34. The molecule has 1 aliphatic rings. The molecule has 164 valence electrons. The van der Waals surface area contributed by atoms with Crippen LogP contribution in [-0.4, -0.2) is 70.0 Å². The third-order valence-corrected chi connectivity index (χ3v) is 5.70. The number of amides is 1. The first-order valence-corrected chi connectivity index (χ1v) is 10.7. The largest absolute Gasteiger partial charge is 0.489 e. The van der Waals surface area contributed by atoms with Gasteiger partial charge in [0.25, 0.3) is 5.91 Å². The zero-order valence-corrected chi connectivity index (χ0v) is 18.8. The van der Waals surface area contributed by atoms with Gasteiger partial charge in [0.2, 0.25) is 0 Å². The Morgan fingerprint density at radius 3 is 2.55 bits per heavy atom. The molecule has 2 aromatic heterocycles. The quantitative estimate of drug-likeness (QED) is 0.655. The van der Waals surface area contributed by atoms with E-state index in [-0.39, 0.29) is 12.0 Å². The highest BCUT2D eigenvalue weighted by Crippen LogP contribution is 2.34. The van der Waals surface area contributed by atoms with Gasteiger partial charge in [-0.25, -0.2) is 9.97 Å². The van der Waals surface area contributed by atoms with E-state index in [2.05, 4.69) is 52.1 Å². The summed E-state index contributed by atoms with van der Waals surface area (Å²) in [7, 11) is 2.07. The summed E-state index contributed by atoms with van der Waals surface area (Å²) in [6, 6.07) is 4.08. The van der Waals surface area contributed by atoms with Crippen molar-refractivity contribution in [3.05, 3.63) is 41.3 Å². The summed E-state index contributed by atoms with van der Waals surface area (Å²) < 4.78 is 6.04. The average molecular weight is 423 g/mol. The van der Waals surface area contributed by atoms with Gasteiger partial charge in [-0.05, 0) is 58.0 Å². The van der Waals surface area contributed by atoms with Gasteiger partial charge in [0.1, 0.15) is 23.5 Å². The van der Waals surface area contributed by atoms with Crippen LogP contribution in [0.4, 0.5) is 11.5 Å². The van der Waals surface area contributed by atoms with E-state index in [0.29, 0.717) is 35.5 Å². The minimum Gasteiger partial charge on any atom is -0.489 e. The number of aryl methyl sites for hydroxylation is 2. The number of piperazine rings is 1. The maximum absolute atomic E-state index is 13.3. The number of nitrogens with one attached hydrogen (secondary N) is 2. The highest BCUT2D eigenvalue weighted by atomic mass is 16.5. The number of ether oxygens (including phenoxy) is 1. The molecule has 0 spiro atoms. The fraction of sp³-hybridized carbons (Fsp3) is 0.435.